The molecular weight excluding hydrogens is 183 g/mol. The first-order chi connectivity index (χ1) is 4.29. The van der Waals surface area contributed by atoms with Gasteiger partial charge in [0, 0.05) is 10.7 Å². The molecule has 52 valence electrons. The van der Waals surface area contributed by atoms with Crippen molar-refractivity contribution in [2.24, 2.45) is 11.8 Å². The average Bonchev–Trinajstić information content (AvgIpc) is 2.25. The fourth-order valence-electron chi connectivity index (χ4n) is 2.17. The molecule has 2 fully saturated rings. The Balaban J connectivity index is 2.16. The van der Waals surface area contributed by atoms with Crippen molar-refractivity contribution in [3.63, 3.8) is 0 Å². The van der Waals surface area contributed by atoms with E-state index in [0.29, 0.717) is 16.7 Å². The van der Waals surface area contributed by atoms with Crippen LogP contribution in [0, 0.1) is 11.8 Å². The van der Waals surface area contributed by atoms with Gasteiger partial charge in [-0.05, 0) is 25.2 Å². The molecule has 2 aliphatic carbocycles. The van der Waals surface area contributed by atoms with Crippen LogP contribution in [-0.4, -0.2) is 11.0 Å². The second kappa shape index (κ2) is 1.94. The molecule has 0 N–H and O–H groups in total. The van der Waals surface area contributed by atoms with E-state index in [0.717, 1.165) is 19.3 Å². The summed E-state index contributed by atoms with van der Waals surface area (Å²) in [6.07, 6.45) is 2.84. The zero-order valence-electron chi connectivity index (χ0n) is 5.19. The van der Waals surface area contributed by atoms with E-state index in [2.05, 4.69) is 15.9 Å². The van der Waals surface area contributed by atoms with E-state index in [9.17, 15) is 4.39 Å². The molecule has 0 radical (unpaired) electrons. The van der Waals surface area contributed by atoms with E-state index in [-0.39, 0.29) is 0 Å². The van der Waals surface area contributed by atoms with Gasteiger partial charge in [0.2, 0.25) is 0 Å². The monoisotopic (exact) mass is 192 g/mol. The molecule has 0 aromatic rings. The van der Waals surface area contributed by atoms with Crippen molar-refractivity contribution in [1.82, 2.24) is 0 Å². The van der Waals surface area contributed by atoms with Crippen LogP contribution in [0.5, 0.6) is 0 Å². The second-order valence-corrected chi connectivity index (χ2v) is 4.37. The smallest absolute Gasteiger partial charge is 0.107 e. The molecule has 2 heteroatoms. The van der Waals surface area contributed by atoms with Crippen molar-refractivity contribution in [2.45, 2.75) is 30.3 Å². The predicted molar refractivity (Wildman–Crippen MR) is 38.4 cm³/mol. The molecule has 0 spiro atoms. The zero-order chi connectivity index (χ0) is 6.43. The number of hydrogen-bond donors (Lipinski definition) is 0. The normalized spacial score (nSPS) is 56.7. The molecule has 0 aromatic heterocycles. The van der Waals surface area contributed by atoms with Gasteiger partial charge < -0.3 is 0 Å². The highest BCUT2D eigenvalue weighted by molar-refractivity contribution is 9.09. The third-order valence-corrected chi connectivity index (χ3v) is 3.78. The Morgan fingerprint density at radius 1 is 1.33 bits per heavy atom. The summed E-state index contributed by atoms with van der Waals surface area (Å²) in [7, 11) is 0. The van der Waals surface area contributed by atoms with Gasteiger partial charge in [-0.25, -0.2) is 4.39 Å². The molecule has 0 heterocycles. The number of hydrogen-bond acceptors (Lipinski definition) is 0. The molecule has 2 aliphatic rings. The molecule has 2 bridgehead atoms. The van der Waals surface area contributed by atoms with Crippen molar-refractivity contribution >= 4 is 15.9 Å². The fraction of sp³-hybridized carbons (Fsp3) is 1.00. The second-order valence-electron chi connectivity index (χ2n) is 3.20. The molecule has 1 unspecified atom stereocenters. The first-order valence-corrected chi connectivity index (χ1v) is 4.49. The molecule has 9 heavy (non-hydrogen) atoms. The summed E-state index contributed by atoms with van der Waals surface area (Å²) in [5.41, 5.74) is 0. The van der Waals surface area contributed by atoms with Crippen LogP contribution in [-0.2, 0) is 0 Å². The molecular formula is C7H10BrF. The number of alkyl halides is 2. The van der Waals surface area contributed by atoms with Crippen molar-refractivity contribution in [3.8, 4) is 0 Å². The molecule has 0 aliphatic heterocycles. The van der Waals surface area contributed by atoms with Crippen LogP contribution < -0.4 is 0 Å². The lowest BCUT2D eigenvalue weighted by Gasteiger charge is -2.12. The lowest BCUT2D eigenvalue weighted by atomic mass is 10.0. The summed E-state index contributed by atoms with van der Waals surface area (Å²) in [5.74, 6) is 0.759. The van der Waals surface area contributed by atoms with Crippen LogP contribution in [0.25, 0.3) is 0 Å². The summed E-state index contributed by atoms with van der Waals surface area (Å²) >= 11 is 3.50. The summed E-state index contributed by atoms with van der Waals surface area (Å²) in [6, 6.07) is 0. The van der Waals surface area contributed by atoms with Gasteiger partial charge in [-0.2, -0.15) is 0 Å². The van der Waals surface area contributed by atoms with Crippen LogP contribution in [0.4, 0.5) is 4.39 Å². The van der Waals surface area contributed by atoms with Gasteiger partial charge in [-0.1, -0.05) is 15.9 Å². The lowest BCUT2D eigenvalue weighted by molar-refractivity contribution is 0.264. The van der Waals surface area contributed by atoms with E-state index in [1.54, 1.807) is 0 Å². The SMILES string of the molecule is FC1[C@H]2CC[C@@H]1[C@H](Br)C2. The topological polar surface area (TPSA) is 0 Å². The summed E-state index contributed by atoms with van der Waals surface area (Å²) < 4.78 is 13.0. The zero-order valence-corrected chi connectivity index (χ0v) is 6.77. The van der Waals surface area contributed by atoms with Gasteiger partial charge in [-0.15, -0.1) is 0 Å². The van der Waals surface area contributed by atoms with E-state index in [1.807, 2.05) is 0 Å². The minimum absolute atomic E-state index is 0.356. The van der Waals surface area contributed by atoms with Crippen LogP contribution in [0.3, 0.4) is 0 Å². The van der Waals surface area contributed by atoms with Crippen molar-refractivity contribution in [3.05, 3.63) is 0 Å². The number of halogens is 2. The first-order valence-electron chi connectivity index (χ1n) is 3.57. The third-order valence-electron chi connectivity index (χ3n) is 2.72. The van der Waals surface area contributed by atoms with E-state index >= 15 is 0 Å². The standard InChI is InChI=1S/C7H10BrF/c8-6-3-4-1-2-5(6)7(4)9/h4-7H,1-3H2/t4-,5+,6+,7?/m0/s1. The maximum atomic E-state index is 13.0. The molecule has 2 rings (SSSR count). The summed E-state index contributed by atoms with van der Waals surface area (Å²) in [6.45, 7) is 0. The Kier molecular flexibility index (Phi) is 1.33. The fourth-order valence-corrected chi connectivity index (χ4v) is 3.20. The molecule has 0 nitrogen and oxygen atoms in total. The number of rotatable bonds is 0. The molecule has 0 amide bonds. The molecule has 0 aromatic carbocycles. The maximum Gasteiger partial charge on any atom is 0.107 e. The van der Waals surface area contributed by atoms with Crippen molar-refractivity contribution < 1.29 is 4.39 Å². The predicted octanol–water partition coefficient (Wildman–Crippen LogP) is 2.52. The highest BCUT2D eigenvalue weighted by Gasteiger charge is 2.47. The van der Waals surface area contributed by atoms with Crippen LogP contribution in [0.15, 0.2) is 0 Å². The van der Waals surface area contributed by atoms with Gasteiger partial charge in [0.05, 0.1) is 0 Å². The van der Waals surface area contributed by atoms with Gasteiger partial charge in [0.1, 0.15) is 6.17 Å². The molecule has 2 saturated carbocycles. The van der Waals surface area contributed by atoms with Crippen LogP contribution >= 0.6 is 15.9 Å². The van der Waals surface area contributed by atoms with E-state index in [4.69, 9.17) is 0 Å². The highest BCUT2D eigenvalue weighted by Crippen LogP contribution is 2.49. The van der Waals surface area contributed by atoms with Crippen LogP contribution in [0.2, 0.25) is 0 Å². The Morgan fingerprint density at radius 2 is 2.11 bits per heavy atom. The largest absolute Gasteiger partial charge is 0.247 e. The number of fused-ring (bicyclic) bond motifs is 2. The van der Waals surface area contributed by atoms with Gasteiger partial charge in [0.25, 0.3) is 0 Å². The summed E-state index contributed by atoms with van der Waals surface area (Å²) in [5, 5.41) is 0. The lowest BCUT2D eigenvalue weighted by Crippen LogP contribution is -2.11. The quantitative estimate of drug-likeness (QED) is 0.518. The Morgan fingerprint density at radius 3 is 2.33 bits per heavy atom. The molecule has 4 atom stereocenters. The average molecular weight is 193 g/mol. The van der Waals surface area contributed by atoms with Gasteiger partial charge in [0.15, 0.2) is 0 Å². The highest BCUT2D eigenvalue weighted by atomic mass is 79.9. The van der Waals surface area contributed by atoms with Gasteiger partial charge >= 0.3 is 0 Å². The van der Waals surface area contributed by atoms with Crippen molar-refractivity contribution in [2.75, 3.05) is 0 Å². The third kappa shape index (κ3) is 0.754. The minimum Gasteiger partial charge on any atom is -0.247 e. The first kappa shape index (κ1) is 6.14. The Labute approximate surface area is 63.0 Å². The van der Waals surface area contributed by atoms with Crippen molar-refractivity contribution in [1.29, 1.82) is 0 Å². The minimum atomic E-state index is -0.477. The van der Waals surface area contributed by atoms with E-state index < -0.39 is 6.17 Å². The summed E-state index contributed by atoms with van der Waals surface area (Å²) in [4.78, 5) is 0.492. The maximum absolute atomic E-state index is 13.0. The Hall–Kier alpha value is 0.410. The van der Waals surface area contributed by atoms with Gasteiger partial charge in [-0.3, -0.25) is 0 Å². The van der Waals surface area contributed by atoms with E-state index in [1.165, 1.54) is 0 Å². The van der Waals surface area contributed by atoms with Crippen LogP contribution in [0.1, 0.15) is 19.3 Å². The Bertz CT molecular complexity index is 126. The molecule has 0 saturated heterocycles.